The molecule has 0 radical (unpaired) electrons. The molecular formula is C13H18ClN7. The molecule has 21 heavy (non-hydrogen) atoms. The number of hydrogen-bond donors (Lipinski definition) is 0. The van der Waals surface area contributed by atoms with Gasteiger partial charge in [0, 0.05) is 32.5 Å². The Morgan fingerprint density at radius 2 is 2.24 bits per heavy atom. The van der Waals surface area contributed by atoms with Gasteiger partial charge in [0.15, 0.2) is 0 Å². The number of hydrogen-bond acceptors (Lipinski definition) is 6. The molecule has 2 aromatic heterocycles. The summed E-state index contributed by atoms with van der Waals surface area (Å²) in [5.41, 5.74) is 0. The molecule has 3 rings (SSSR count). The van der Waals surface area contributed by atoms with Gasteiger partial charge in [-0.1, -0.05) is 0 Å². The number of rotatable bonds is 4. The summed E-state index contributed by atoms with van der Waals surface area (Å²) in [6, 6.07) is 1.81. The molecule has 1 atom stereocenters. The van der Waals surface area contributed by atoms with E-state index >= 15 is 0 Å². The minimum atomic E-state index is 0.181. The lowest BCUT2D eigenvalue weighted by molar-refractivity contribution is 0.395. The molecule has 112 valence electrons. The zero-order valence-electron chi connectivity index (χ0n) is 12.1. The monoisotopic (exact) mass is 307 g/mol. The van der Waals surface area contributed by atoms with Crippen molar-refractivity contribution in [3.05, 3.63) is 23.7 Å². The van der Waals surface area contributed by atoms with E-state index in [1.54, 1.807) is 17.1 Å². The predicted octanol–water partition coefficient (Wildman–Crippen LogP) is 1.10. The fourth-order valence-corrected chi connectivity index (χ4v) is 2.79. The highest BCUT2D eigenvalue weighted by Crippen LogP contribution is 2.18. The van der Waals surface area contributed by atoms with Gasteiger partial charge in [0.05, 0.1) is 0 Å². The summed E-state index contributed by atoms with van der Waals surface area (Å²) >= 11 is 6.01. The molecule has 1 fully saturated rings. The van der Waals surface area contributed by atoms with E-state index in [0.29, 0.717) is 17.8 Å². The van der Waals surface area contributed by atoms with Crippen LogP contribution in [0.25, 0.3) is 5.95 Å². The largest absolute Gasteiger partial charge is 0.343 e. The molecular weight excluding hydrogens is 290 g/mol. The van der Waals surface area contributed by atoms with Gasteiger partial charge in [-0.2, -0.15) is 20.1 Å². The number of aromatic nitrogens is 5. The van der Waals surface area contributed by atoms with Crippen LogP contribution < -0.4 is 4.90 Å². The highest BCUT2D eigenvalue weighted by atomic mass is 35.5. The molecule has 0 bridgehead atoms. The molecule has 0 N–H and O–H groups in total. The molecule has 8 heteroatoms. The van der Waals surface area contributed by atoms with Crippen LogP contribution in [0.4, 0.5) is 5.95 Å². The first-order chi connectivity index (χ1) is 10.1. The zero-order chi connectivity index (χ0) is 14.8. The third-order valence-corrected chi connectivity index (χ3v) is 3.83. The lowest BCUT2D eigenvalue weighted by Gasteiger charge is -2.21. The van der Waals surface area contributed by atoms with Crippen LogP contribution in [0.1, 0.15) is 6.42 Å². The lowest BCUT2D eigenvalue weighted by Crippen LogP contribution is -2.29. The third-order valence-electron chi connectivity index (χ3n) is 3.66. The fourth-order valence-electron chi connectivity index (χ4n) is 2.63. The van der Waals surface area contributed by atoms with Crippen molar-refractivity contribution in [3.8, 4) is 5.95 Å². The van der Waals surface area contributed by atoms with Gasteiger partial charge in [-0.05, 0) is 43.6 Å². The van der Waals surface area contributed by atoms with E-state index in [2.05, 4.69) is 32.0 Å². The first kappa shape index (κ1) is 14.2. The zero-order valence-corrected chi connectivity index (χ0v) is 12.9. The smallest absolute Gasteiger partial charge is 0.256 e. The maximum absolute atomic E-state index is 6.01. The number of anilines is 1. The van der Waals surface area contributed by atoms with Crippen molar-refractivity contribution >= 4 is 17.5 Å². The van der Waals surface area contributed by atoms with Gasteiger partial charge in [-0.3, -0.25) is 0 Å². The Kier molecular flexibility index (Phi) is 4.03. The van der Waals surface area contributed by atoms with Gasteiger partial charge in [0.25, 0.3) is 5.95 Å². The summed E-state index contributed by atoms with van der Waals surface area (Å²) < 4.78 is 1.58. The van der Waals surface area contributed by atoms with Gasteiger partial charge in [0.1, 0.15) is 0 Å². The average molecular weight is 308 g/mol. The van der Waals surface area contributed by atoms with E-state index in [9.17, 15) is 0 Å². The van der Waals surface area contributed by atoms with E-state index in [4.69, 9.17) is 11.6 Å². The van der Waals surface area contributed by atoms with Crippen molar-refractivity contribution in [2.75, 3.05) is 38.6 Å². The van der Waals surface area contributed by atoms with E-state index in [1.165, 1.54) is 6.42 Å². The quantitative estimate of drug-likeness (QED) is 0.843. The normalized spacial score (nSPS) is 19.1. The number of likely N-dealkylation sites (tertiary alicyclic amines) is 1. The van der Waals surface area contributed by atoms with E-state index in [-0.39, 0.29) is 5.28 Å². The standard InChI is InChI=1S/C13H18ClN7/c1-19-7-4-10(8-19)9-20(2)12-16-11(14)17-13(18-12)21-6-3-5-15-21/h3,5-6,10H,4,7-9H2,1-2H3. The molecule has 0 spiro atoms. The van der Waals surface area contributed by atoms with Gasteiger partial charge in [-0.15, -0.1) is 0 Å². The lowest BCUT2D eigenvalue weighted by atomic mass is 10.1. The van der Waals surface area contributed by atoms with Crippen LogP contribution in [-0.2, 0) is 0 Å². The highest BCUT2D eigenvalue weighted by molar-refractivity contribution is 6.28. The van der Waals surface area contributed by atoms with Gasteiger partial charge < -0.3 is 9.80 Å². The average Bonchev–Trinajstić information content (AvgIpc) is 3.10. The molecule has 1 aliphatic rings. The van der Waals surface area contributed by atoms with Gasteiger partial charge in [-0.25, -0.2) is 4.68 Å². The van der Waals surface area contributed by atoms with Crippen molar-refractivity contribution in [1.82, 2.24) is 29.6 Å². The predicted molar refractivity (Wildman–Crippen MR) is 80.8 cm³/mol. The van der Waals surface area contributed by atoms with Crippen LogP contribution in [-0.4, -0.2) is 63.4 Å². The Balaban J connectivity index is 1.78. The molecule has 3 heterocycles. The molecule has 7 nitrogen and oxygen atoms in total. The summed E-state index contributed by atoms with van der Waals surface area (Å²) in [6.07, 6.45) is 4.66. The topological polar surface area (TPSA) is 63.0 Å². The molecule has 1 saturated heterocycles. The SMILES string of the molecule is CN1CCC(CN(C)c2nc(Cl)nc(-n3cccn3)n2)C1. The van der Waals surface area contributed by atoms with Crippen LogP contribution in [0, 0.1) is 5.92 Å². The van der Waals surface area contributed by atoms with Crippen molar-refractivity contribution in [2.24, 2.45) is 5.92 Å². The van der Waals surface area contributed by atoms with Gasteiger partial charge >= 0.3 is 0 Å². The van der Waals surface area contributed by atoms with Crippen molar-refractivity contribution in [2.45, 2.75) is 6.42 Å². The Bertz CT molecular complexity index is 601. The summed E-state index contributed by atoms with van der Waals surface area (Å²) in [4.78, 5) is 17.1. The van der Waals surface area contributed by atoms with Crippen molar-refractivity contribution < 1.29 is 0 Å². The molecule has 2 aromatic rings. The second-order valence-electron chi connectivity index (χ2n) is 5.45. The Labute approximate surface area is 128 Å². The van der Waals surface area contributed by atoms with E-state index < -0.39 is 0 Å². The van der Waals surface area contributed by atoms with Crippen LogP contribution in [0.3, 0.4) is 0 Å². The number of halogens is 1. The summed E-state index contributed by atoms with van der Waals surface area (Å²) in [5, 5.41) is 4.30. The summed E-state index contributed by atoms with van der Waals surface area (Å²) in [7, 11) is 4.13. The van der Waals surface area contributed by atoms with Crippen LogP contribution >= 0.6 is 11.6 Å². The van der Waals surface area contributed by atoms with Crippen LogP contribution in [0.5, 0.6) is 0 Å². The molecule has 0 saturated carbocycles. The maximum atomic E-state index is 6.01. The molecule has 1 aliphatic heterocycles. The van der Waals surface area contributed by atoms with E-state index in [1.807, 2.05) is 18.0 Å². The van der Waals surface area contributed by atoms with Crippen molar-refractivity contribution in [3.63, 3.8) is 0 Å². The molecule has 1 unspecified atom stereocenters. The van der Waals surface area contributed by atoms with Crippen LogP contribution in [0.15, 0.2) is 18.5 Å². The molecule has 0 aromatic carbocycles. The second-order valence-corrected chi connectivity index (χ2v) is 5.79. The second kappa shape index (κ2) is 5.95. The Hall–Kier alpha value is -1.73. The number of nitrogens with zero attached hydrogens (tertiary/aromatic N) is 7. The first-order valence-electron chi connectivity index (χ1n) is 6.93. The van der Waals surface area contributed by atoms with Gasteiger partial charge in [0.2, 0.25) is 11.2 Å². The first-order valence-corrected chi connectivity index (χ1v) is 7.31. The van der Waals surface area contributed by atoms with Crippen LogP contribution in [0.2, 0.25) is 5.28 Å². The summed E-state index contributed by atoms with van der Waals surface area (Å²) in [5.74, 6) is 1.64. The minimum Gasteiger partial charge on any atom is -0.343 e. The minimum absolute atomic E-state index is 0.181. The Morgan fingerprint density at radius 1 is 1.38 bits per heavy atom. The summed E-state index contributed by atoms with van der Waals surface area (Å²) in [6.45, 7) is 3.16. The fraction of sp³-hybridized carbons (Fsp3) is 0.538. The highest BCUT2D eigenvalue weighted by Gasteiger charge is 2.22. The molecule has 0 aliphatic carbocycles. The third kappa shape index (κ3) is 3.30. The maximum Gasteiger partial charge on any atom is 0.256 e. The van der Waals surface area contributed by atoms with E-state index in [0.717, 1.165) is 19.6 Å². The Morgan fingerprint density at radius 3 is 2.90 bits per heavy atom. The molecule has 0 amide bonds. The van der Waals surface area contributed by atoms with Crippen molar-refractivity contribution in [1.29, 1.82) is 0 Å².